The van der Waals surface area contributed by atoms with Gasteiger partial charge in [-0.2, -0.15) is 8.78 Å². The van der Waals surface area contributed by atoms with Gasteiger partial charge in [-0.1, -0.05) is 0 Å². The van der Waals surface area contributed by atoms with Crippen molar-refractivity contribution in [3.05, 3.63) is 61.7 Å². The van der Waals surface area contributed by atoms with Gasteiger partial charge in [0, 0.05) is 21.4 Å². The molecule has 0 aliphatic carbocycles. The van der Waals surface area contributed by atoms with Crippen LogP contribution in [-0.4, -0.2) is 17.4 Å². The summed E-state index contributed by atoms with van der Waals surface area (Å²) in [7, 11) is 0. The van der Waals surface area contributed by atoms with Crippen LogP contribution in [-0.2, 0) is 0 Å². The Kier molecular flexibility index (Phi) is 5.42. The third-order valence-electron chi connectivity index (χ3n) is 2.74. The number of alkyl halides is 2. The summed E-state index contributed by atoms with van der Waals surface area (Å²) in [4.78, 5) is 22.3. The molecule has 0 bridgehead atoms. The first kappa shape index (κ1) is 17.1. The third-order valence-corrected chi connectivity index (χ3v) is 3.46. The first-order valence-corrected chi connectivity index (χ1v) is 7.25. The summed E-state index contributed by atoms with van der Waals surface area (Å²) in [6.07, 6.45) is 0. The van der Waals surface area contributed by atoms with Crippen molar-refractivity contribution in [3.63, 3.8) is 0 Å². The van der Waals surface area contributed by atoms with Gasteiger partial charge in [0.05, 0.1) is 10.5 Å². The molecule has 0 radical (unpaired) electrons. The lowest BCUT2D eigenvalue weighted by atomic mass is 10.1. The average Bonchev–Trinajstić information content (AvgIpc) is 2.49. The van der Waals surface area contributed by atoms with Crippen molar-refractivity contribution in [1.29, 1.82) is 0 Å². The topological polar surface area (TPSA) is 81.5 Å². The van der Waals surface area contributed by atoms with Crippen LogP contribution in [0.1, 0.15) is 10.4 Å². The minimum atomic E-state index is -3.15. The summed E-state index contributed by atoms with van der Waals surface area (Å²) in [5.74, 6) is -1.22. The molecule has 1 N–H and O–H groups in total. The standard InChI is InChI=1S/C14H9F2IN2O4/c15-14(16)23-12-6-5-10(19(21)22)7-11(12)13(20)18-9-3-1-8(17)2-4-9/h1-7,14H,(H,18,20). The average molecular weight is 434 g/mol. The van der Waals surface area contributed by atoms with Gasteiger partial charge in [0.15, 0.2) is 0 Å². The number of rotatable bonds is 5. The van der Waals surface area contributed by atoms with Gasteiger partial charge >= 0.3 is 6.61 Å². The largest absolute Gasteiger partial charge is 0.434 e. The Bertz CT molecular complexity index is 738. The maximum Gasteiger partial charge on any atom is 0.387 e. The van der Waals surface area contributed by atoms with Crippen LogP contribution in [0.2, 0.25) is 0 Å². The fourth-order valence-electron chi connectivity index (χ4n) is 1.74. The van der Waals surface area contributed by atoms with Crippen molar-refractivity contribution < 1.29 is 23.2 Å². The zero-order valence-corrected chi connectivity index (χ0v) is 13.5. The zero-order chi connectivity index (χ0) is 17.0. The van der Waals surface area contributed by atoms with E-state index in [0.717, 1.165) is 21.8 Å². The molecule has 0 aromatic heterocycles. The minimum Gasteiger partial charge on any atom is -0.434 e. The monoisotopic (exact) mass is 434 g/mol. The van der Waals surface area contributed by atoms with Crippen molar-refractivity contribution >= 4 is 39.9 Å². The van der Waals surface area contributed by atoms with Gasteiger partial charge in [0.1, 0.15) is 5.75 Å². The molecule has 2 rings (SSSR count). The van der Waals surface area contributed by atoms with Gasteiger partial charge < -0.3 is 10.1 Å². The number of nitro groups is 1. The Morgan fingerprint density at radius 3 is 2.43 bits per heavy atom. The molecule has 9 heteroatoms. The van der Waals surface area contributed by atoms with Gasteiger partial charge in [0.25, 0.3) is 11.6 Å². The summed E-state index contributed by atoms with van der Waals surface area (Å²) in [6, 6.07) is 9.54. The van der Waals surface area contributed by atoms with Crippen LogP contribution >= 0.6 is 22.6 Å². The highest BCUT2D eigenvalue weighted by molar-refractivity contribution is 14.1. The summed E-state index contributed by atoms with van der Waals surface area (Å²) >= 11 is 2.08. The van der Waals surface area contributed by atoms with Crippen molar-refractivity contribution in [2.75, 3.05) is 5.32 Å². The maximum atomic E-state index is 12.4. The number of nitro benzene ring substituents is 1. The number of non-ortho nitro benzene ring substituents is 1. The van der Waals surface area contributed by atoms with Crippen LogP contribution in [0.15, 0.2) is 42.5 Å². The number of nitrogens with zero attached hydrogens (tertiary/aromatic N) is 1. The molecule has 2 aromatic rings. The van der Waals surface area contributed by atoms with E-state index in [1.54, 1.807) is 24.3 Å². The molecule has 0 unspecified atom stereocenters. The molecule has 1 amide bonds. The zero-order valence-electron chi connectivity index (χ0n) is 11.3. The van der Waals surface area contributed by atoms with Gasteiger partial charge in [0.2, 0.25) is 0 Å². The van der Waals surface area contributed by atoms with E-state index in [1.165, 1.54) is 0 Å². The highest BCUT2D eigenvalue weighted by Crippen LogP contribution is 2.26. The fraction of sp³-hybridized carbons (Fsp3) is 0.0714. The number of nitrogens with one attached hydrogen (secondary N) is 1. The molecule has 23 heavy (non-hydrogen) atoms. The summed E-state index contributed by atoms with van der Waals surface area (Å²) in [5.41, 5.74) is -0.331. The van der Waals surface area contributed by atoms with E-state index in [0.29, 0.717) is 5.69 Å². The summed E-state index contributed by atoms with van der Waals surface area (Å²) in [5, 5.41) is 13.3. The lowest BCUT2D eigenvalue weighted by Crippen LogP contribution is -2.15. The van der Waals surface area contributed by atoms with Crippen molar-refractivity contribution in [1.82, 2.24) is 0 Å². The van der Waals surface area contributed by atoms with E-state index in [1.807, 2.05) is 0 Å². The first-order valence-electron chi connectivity index (χ1n) is 6.17. The van der Waals surface area contributed by atoms with Gasteiger partial charge in [-0.15, -0.1) is 0 Å². The highest BCUT2D eigenvalue weighted by Gasteiger charge is 2.20. The number of benzene rings is 2. The SMILES string of the molecule is O=C(Nc1ccc(I)cc1)c1cc([N+](=O)[O-])ccc1OC(F)F. The van der Waals surface area contributed by atoms with E-state index in [4.69, 9.17) is 0 Å². The van der Waals surface area contributed by atoms with Crippen LogP contribution in [0.4, 0.5) is 20.2 Å². The summed E-state index contributed by atoms with van der Waals surface area (Å²) in [6.45, 7) is -3.15. The summed E-state index contributed by atoms with van der Waals surface area (Å²) < 4.78 is 30.0. The van der Waals surface area contributed by atoms with Crippen LogP contribution < -0.4 is 10.1 Å². The molecule has 0 saturated heterocycles. The van der Waals surface area contributed by atoms with Gasteiger partial charge in [-0.3, -0.25) is 14.9 Å². The first-order chi connectivity index (χ1) is 10.9. The van der Waals surface area contributed by atoms with E-state index < -0.39 is 28.9 Å². The lowest BCUT2D eigenvalue weighted by molar-refractivity contribution is -0.384. The van der Waals surface area contributed by atoms with Crippen molar-refractivity contribution in [2.45, 2.75) is 6.61 Å². The number of carbonyl (C=O) groups is 1. The molecule has 0 atom stereocenters. The van der Waals surface area contributed by atoms with Crippen molar-refractivity contribution in [2.24, 2.45) is 0 Å². The number of hydrogen-bond donors (Lipinski definition) is 1. The normalized spacial score (nSPS) is 10.4. The number of hydrogen-bond acceptors (Lipinski definition) is 4. The Hall–Kier alpha value is -2.30. The quantitative estimate of drug-likeness (QED) is 0.438. The predicted octanol–water partition coefficient (Wildman–Crippen LogP) is 4.05. The van der Waals surface area contributed by atoms with Crippen LogP contribution in [0.25, 0.3) is 0 Å². The number of carbonyl (C=O) groups excluding carboxylic acids is 1. The number of halogens is 3. The number of amides is 1. The minimum absolute atomic E-state index is 0.349. The van der Waals surface area contributed by atoms with E-state index >= 15 is 0 Å². The molecular formula is C14H9F2IN2O4. The molecule has 6 nitrogen and oxygen atoms in total. The number of ether oxygens (including phenoxy) is 1. The second-order valence-corrected chi connectivity index (χ2v) is 5.52. The molecule has 0 heterocycles. The molecular weight excluding hydrogens is 425 g/mol. The van der Waals surface area contributed by atoms with Crippen LogP contribution in [0.3, 0.4) is 0 Å². The van der Waals surface area contributed by atoms with Crippen molar-refractivity contribution in [3.8, 4) is 5.75 Å². The fourth-order valence-corrected chi connectivity index (χ4v) is 2.10. The Morgan fingerprint density at radius 2 is 1.87 bits per heavy atom. The molecule has 2 aromatic carbocycles. The molecule has 0 spiro atoms. The predicted molar refractivity (Wildman–Crippen MR) is 86.8 cm³/mol. The molecule has 120 valence electrons. The maximum absolute atomic E-state index is 12.4. The third kappa shape index (κ3) is 4.58. The number of anilines is 1. The molecule has 0 aliphatic rings. The van der Waals surface area contributed by atoms with E-state index in [-0.39, 0.29) is 5.56 Å². The Morgan fingerprint density at radius 1 is 1.22 bits per heavy atom. The Balaban J connectivity index is 2.33. The molecule has 0 aliphatic heterocycles. The smallest absolute Gasteiger partial charge is 0.387 e. The Labute approximate surface area is 142 Å². The van der Waals surface area contributed by atoms with Gasteiger partial charge in [-0.25, -0.2) is 0 Å². The molecule has 0 fully saturated rings. The second-order valence-electron chi connectivity index (χ2n) is 4.28. The van der Waals surface area contributed by atoms with Crippen LogP contribution in [0.5, 0.6) is 5.75 Å². The highest BCUT2D eigenvalue weighted by atomic mass is 127. The lowest BCUT2D eigenvalue weighted by Gasteiger charge is -2.11. The second kappa shape index (κ2) is 7.31. The van der Waals surface area contributed by atoms with E-state index in [9.17, 15) is 23.7 Å². The van der Waals surface area contributed by atoms with Gasteiger partial charge in [-0.05, 0) is 52.9 Å². The molecule has 0 saturated carbocycles. The van der Waals surface area contributed by atoms with E-state index in [2.05, 4.69) is 32.6 Å². The van der Waals surface area contributed by atoms with Crippen LogP contribution in [0, 0.1) is 13.7 Å².